The number of alkyl halides is 3. The second-order valence-corrected chi connectivity index (χ2v) is 7.46. The van der Waals surface area contributed by atoms with Crippen LogP contribution in [0, 0.1) is 0 Å². The molecule has 0 saturated carbocycles. The monoisotopic (exact) mass is 400 g/mol. The van der Waals surface area contributed by atoms with Crippen molar-refractivity contribution in [1.29, 1.82) is 0 Å². The Hall–Kier alpha value is -2.13. The number of aliphatic hydroxyl groups is 1. The summed E-state index contributed by atoms with van der Waals surface area (Å²) in [5.74, 6) is 0.340. The van der Waals surface area contributed by atoms with Gasteiger partial charge in [-0.15, -0.1) is 11.3 Å². The number of carbonyl (C=O) groups is 1. The maximum Gasteiger partial charge on any atom is 0.417 e. The molecule has 1 unspecified atom stereocenters. The van der Waals surface area contributed by atoms with Crippen molar-refractivity contribution in [2.24, 2.45) is 0 Å². The van der Waals surface area contributed by atoms with E-state index in [1.54, 1.807) is 19.2 Å². The van der Waals surface area contributed by atoms with Gasteiger partial charge in [0.25, 0.3) is 5.91 Å². The third kappa shape index (κ3) is 4.08. The number of hydrogen-bond donors (Lipinski definition) is 1. The molecule has 3 rings (SSSR count). The van der Waals surface area contributed by atoms with Crippen LogP contribution in [0.1, 0.15) is 28.9 Å². The average Bonchev–Trinajstić information content (AvgIpc) is 3.04. The minimum absolute atomic E-state index is 0.0892. The van der Waals surface area contributed by atoms with Gasteiger partial charge in [0.2, 0.25) is 0 Å². The van der Waals surface area contributed by atoms with Gasteiger partial charge in [0, 0.05) is 25.1 Å². The Balaban J connectivity index is 1.72. The van der Waals surface area contributed by atoms with Gasteiger partial charge >= 0.3 is 6.18 Å². The largest absolute Gasteiger partial charge is 0.497 e. The quantitative estimate of drug-likeness (QED) is 0.853. The number of rotatable bonds is 3. The van der Waals surface area contributed by atoms with Crippen LogP contribution in [0.5, 0.6) is 5.75 Å². The third-order valence-corrected chi connectivity index (χ3v) is 5.72. The molecule has 1 aromatic heterocycles. The molecule has 2 heterocycles. The Bertz CT molecular complexity index is 807. The lowest BCUT2D eigenvalue weighted by atomic mass is 9.94. The molecule has 1 fully saturated rings. The third-order valence-electron chi connectivity index (χ3n) is 4.68. The summed E-state index contributed by atoms with van der Waals surface area (Å²) in [4.78, 5) is 18.6. The van der Waals surface area contributed by atoms with Gasteiger partial charge in [-0.25, -0.2) is 4.98 Å². The van der Waals surface area contributed by atoms with E-state index in [1.165, 1.54) is 22.4 Å². The lowest BCUT2D eigenvalue weighted by Gasteiger charge is -2.29. The number of hydrogen-bond acceptors (Lipinski definition) is 5. The summed E-state index contributed by atoms with van der Waals surface area (Å²) in [6.45, 7) is 0.0254. The van der Waals surface area contributed by atoms with E-state index >= 15 is 0 Å². The number of amides is 1. The zero-order chi connectivity index (χ0) is 19.7. The van der Waals surface area contributed by atoms with Gasteiger partial charge in [0.1, 0.15) is 15.6 Å². The smallest absolute Gasteiger partial charge is 0.417 e. The summed E-state index contributed by atoms with van der Waals surface area (Å²) in [6, 6.07) is 7.21. The van der Waals surface area contributed by atoms with Crippen molar-refractivity contribution < 1.29 is 27.8 Å². The van der Waals surface area contributed by atoms with Crippen molar-refractivity contribution in [3.05, 3.63) is 35.3 Å². The molecule has 0 aliphatic carbocycles. The van der Waals surface area contributed by atoms with Crippen LogP contribution in [-0.2, 0) is 0 Å². The van der Waals surface area contributed by atoms with Crippen LogP contribution in [0.2, 0.25) is 0 Å². The number of halogens is 3. The van der Waals surface area contributed by atoms with Crippen LogP contribution in [0.4, 0.5) is 13.2 Å². The number of ether oxygens (including phenoxy) is 1. The first-order chi connectivity index (χ1) is 12.7. The Morgan fingerprint density at radius 2 is 1.96 bits per heavy atom. The van der Waals surface area contributed by atoms with E-state index < -0.39 is 24.6 Å². The van der Waals surface area contributed by atoms with Gasteiger partial charge in [-0.2, -0.15) is 13.2 Å². The van der Waals surface area contributed by atoms with Gasteiger partial charge in [0.05, 0.1) is 13.3 Å². The molecule has 0 spiro atoms. The SMILES string of the molecule is COc1ccc(-c2ncc(C(=O)N3CCCC(O)(C(F)(F)F)CC3)s2)cc1. The Morgan fingerprint density at radius 3 is 2.59 bits per heavy atom. The lowest BCUT2D eigenvalue weighted by Crippen LogP contribution is -2.46. The summed E-state index contributed by atoms with van der Waals surface area (Å²) in [5.41, 5.74) is -1.91. The molecule has 0 radical (unpaired) electrons. The highest BCUT2D eigenvalue weighted by Gasteiger charge is 2.53. The number of carbonyl (C=O) groups excluding carboxylic acids is 1. The first-order valence-electron chi connectivity index (χ1n) is 8.42. The zero-order valence-electron chi connectivity index (χ0n) is 14.6. The highest BCUT2D eigenvalue weighted by atomic mass is 32.1. The van der Waals surface area contributed by atoms with E-state index in [0.717, 1.165) is 5.56 Å². The molecule has 5 nitrogen and oxygen atoms in total. The van der Waals surface area contributed by atoms with Crippen molar-refractivity contribution >= 4 is 17.2 Å². The van der Waals surface area contributed by atoms with Crippen LogP contribution in [0.15, 0.2) is 30.5 Å². The summed E-state index contributed by atoms with van der Waals surface area (Å²) in [7, 11) is 1.57. The number of nitrogens with zero attached hydrogens (tertiary/aromatic N) is 2. The number of likely N-dealkylation sites (tertiary alicyclic amines) is 1. The first-order valence-corrected chi connectivity index (χ1v) is 9.24. The summed E-state index contributed by atoms with van der Waals surface area (Å²) in [5, 5.41) is 10.5. The standard InChI is InChI=1S/C18H19F3N2O3S/c1-26-13-5-3-12(4-6-13)15-22-11-14(27-15)16(24)23-9-2-7-17(25,8-10-23)18(19,20)21/h3-6,11,25H,2,7-10H2,1H3. The van der Waals surface area contributed by atoms with Gasteiger partial charge in [-0.05, 0) is 37.1 Å². The van der Waals surface area contributed by atoms with Crippen LogP contribution < -0.4 is 4.74 Å². The highest BCUT2D eigenvalue weighted by Crippen LogP contribution is 2.38. The Labute approximate surface area is 158 Å². The molecule has 146 valence electrons. The highest BCUT2D eigenvalue weighted by molar-refractivity contribution is 7.16. The minimum atomic E-state index is -4.70. The number of thiazole rings is 1. The Morgan fingerprint density at radius 1 is 1.26 bits per heavy atom. The fourth-order valence-corrected chi connectivity index (χ4v) is 3.89. The van der Waals surface area contributed by atoms with E-state index in [9.17, 15) is 23.1 Å². The molecular formula is C18H19F3N2O3S. The van der Waals surface area contributed by atoms with Crippen molar-refractivity contribution in [2.75, 3.05) is 20.2 Å². The van der Waals surface area contributed by atoms with Gasteiger partial charge in [-0.3, -0.25) is 4.79 Å². The zero-order valence-corrected chi connectivity index (χ0v) is 15.4. The summed E-state index contributed by atoms with van der Waals surface area (Å²) < 4.78 is 44.2. The molecule has 1 aliphatic heterocycles. The molecule has 1 amide bonds. The molecule has 1 saturated heterocycles. The Kier molecular flexibility index (Phi) is 5.43. The molecule has 2 aromatic rings. The second kappa shape index (κ2) is 7.47. The van der Waals surface area contributed by atoms with E-state index in [4.69, 9.17) is 4.74 Å². The van der Waals surface area contributed by atoms with Crippen molar-refractivity contribution in [1.82, 2.24) is 9.88 Å². The van der Waals surface area contributed by atoms with E-state index in [2.05, 4.69) is 4.98 Å². The van der Waals surface area contributed by atoms with Crippen molar-refractivity contribution in [2.45, 2.75) is 31.0 Å². The number of benzene rings is 1. The van der Waals surface area contributed by atoms with Gasteiger partial charge in [0.15, 0.2) is 5.60 Å². The van der Waals surface area contributed by atoms with Crippen molar-refractivity contribution in [3.8, 4) is 16.3 Å². The van der Waals surface area contributed by atoms with E-state index in [-0.39, 0.29) is 25.4 Å². The predicted molar refractivity (Wildman–Crippen MR) is 94.9 cm³/mol. The maximum atomic E-state index is 13.0. The van der Waals surface area contributed by atoms with Crippen LogP contribution in [-0.4, -0.2) is 52.9 Å². The summed E-state index contributed by atoms with van der Waals surface area (Å²) in [6.07, 6.45) is -4.09. The molecule has 1 aliphatic rings. The van der Waals surface area contributed by atoms with Gasteiger partial charge < -0.3 is 14.7 Å². The summed E-state index contributed by atoms with van der Waals surface area (Å²) >= 11 is 1.19. The molecule has 1 aromatic carbocycles. The van der Waals surface area contributed by atoms with E-state index in [0.29, 0.717) is 15.6 Å². The van der Waals surface area contributed by atoms with Crippen LogP contribution in [0.25, 0.3) is 10.6 Å². The predicted octanol–water partition coefficient (Wildman–Crippen LogP) is 3.74. The fourth-order valence-electron chi connectivity index (χ4n) is 3.00. The maximum absolute atomic E-state index is 13.0. The normalized spacial score (nSPS) is 21.0. The lowest BCUT2D eigenvalue weighted by molar-refractivity contribution is -0.263. The molecule has 1 N–H and O–H groups in total. The molecular weight excluding hydrogens is 381 g/mol. The fraction of sp³-hybridized carbons (Fsp3) is 0.444. The second-order valence-electron chi connectivity index (χ2n) is 6.43. The molecule has 9 heteroatoms. The van der Waals surface area contributed by atoms with Gasteiger partial charge in [-0.1, -0.05) is 0 Å². The topological polar surface area (TPSA) is 62.7 Å². The van der Waals surface area contributed by atoms with Crippen LogP contribution in [0.3, 0.4) is 0 Å². The molecule has 0 bridgehead atoms. The van der Waals surface area contributed by atoms with E-state index in [1.807, 2.05) is 12.1 Å². The molecule has 1 atom stereocenters. The number of aromatic nitrogens is 1. The molecule has 27 heavy (non-hydrogen) atoms. The average molecular weight is 400 g/mol. The number of methoxy groups -OCH3 is 1. The van der Waals surface area contributed by atoms with Crippen LogP contribution >= 0.6 is 11.3 Å². The van der Waals surface area contributed by atoms with Crippen molar-refractivity contribution in [3.63, 3.8) is 0 Å². The first kappa shape index (κ1) is 19.6. The minimum Gasteiger partial charge on any atom is -0.497 e.